The van der Waals surface area contributed by atoms with E-state index < -0.39 is 5.82 Å². The van der Waals surface area contributed by atoms with Crippen LogP contribution < -0.4 is 14.8 Å². The molecule has 152 valence electrons. The summed E-state index contributed by atoms with van der Waals surface area (Å²) in [6, 6.07) is 7.97. The summed E-state index contributed by atoms with van der Waals surface area (Å²) in [5.74, 6) is 1.17. The lowest BCUT2D eigenvalue weighted by atomic mass is 10.2. The van der Waals surface area contributed by atoms with Crippen molar-refractivity contribution in [2.75, 3.05) is 45.0 Å². The molecule has 3 aromatic rings. The fourth-order valence-corrected chi connectivity index (χ4v) is 3.02. The lowest BCUT2D eigenvalue weighted by Gasteiger charge is -2.16. The fourth-order valence-electron chi connectivity index (χ4n) is 2.84. The van der Waals surface area contributed by atoms with Crippen LogP contribution in [0.2, 0.25) is 5.02 Å². The van der Waals surface area contributed by atoms with Gasteiger partial charge in [0, 0.05) is 17.1 Å². The monoisotopic (exact) mass is 419 g/mol. The van der Waals surface area contributed by atoms with Gasteiger partial charge in [-0.25, -0.2) is 14.4 Å². The van der Waals surface area contributed by atoms with Gasteiger partial charge in [-0.1, -0.05) is 11.6 Å². The number of ether oxygens (including phenoxy) is 4. The maximum absolute atomic E-state index is 13.4. The van der Waals surface area contributed by atoms with Crippen LogP contribution in [0, 0.1) is 5.82 Å². The van der Waals surface area contributed by atoms with Crippen molar-refractivity contribution >= 4 is 34.0 Å². The molecular weight excluding hydrogens is 401 g/mol. The molecule has 0 saturated carbocycles. The van der Waals surface area contributed by atoms with Crippen molar-refractivity contribution in [2.45, 2.75) is 0 Å². The first-order chi connectivity index (χ1) is 14.2. The van der Waals surface area contributed by atoms with Gasteiger partial charge in [-0.05, 0) is 24.3 Å². The van der Waals surface area contributed by atoms with E-state index in [2.05, 4.69) is 15.3 Å². The molecule has 0 bridgehead atoms. The Morgan fingerprint density at radius 1 is 0.862 bits per heavy atom. The molecule has 0 amide bonds. The number of benzene rings is 2. The van der Waals surface area contributed by atoms with Gasteiger partial charge in [0.1, 0.15) is 31.2 Å². The molecular formula is C20H19ClFN3O4. The number of halogens is 2. The van der Waals surface area contributed by atoms with Gasteiger partial charge in [0.15, 0.2) is 11.5 Å². The molecule has 0 spiro atoms. The molecule has 1 N–H and O–H groups in total. The third-order valence-corrected chi connectivity index (χ3v) is 4.52. The Balaban J connectivity index is 1.67. The van der Waals surface area contributed by atoms with Crippen LogP contribution in [0.3, 0.4) is 0 Å². The third-order valence-electron chi connectivity index (χ3n) is 4.23. The standard InChI is InChI=1S/C20H19ClFN3O4/c21-15-9-13(1-2-16(15)22)25-20-14-10-18-19(11-17(14)23-12-24-20)29-8-6-27-4-3-26-5-7-28-18/h1-2,9-12H,3-8H2,(H,23,24,25). The summed E-state index contributed by atoms with van der Waals surface area (Å²) in [7, 11) is 0. The van der Waals surface area contributed by atoms with E-state index >= 15 is 0 Å². The SMILES string of the molecule is Fc1ccc(Nc2ncnc3cc4c(cc23)OCCOCCOCCO4)cc1Cl. The van der Waals surface area contributed by atoms with Crippen LogP contribution in [-0.4, -0.2) is 49.6 Å². The van der Waals surface area contributed by atoms with E-state index in [1.165, 1.54) is 18.5 Å². The Labute approximate surface area is 171 Å². The van der Waals surface area contributed by atoms with Gasteiger partial charge in [0.05, 0.1) is 37.0 Å². The molecule has 0 radical (unpaired) electrons. The quantitative estimate of drug-likeness (QED) is 0.673. The molecule has 4 rings (SSSR count). The highest BCUT2D eigenvalue weighted by Gasteiger charge is 2.14. The molecule has 0 atom stereocenters. The summed E-state index contributed by atoms with van der Waals surface area (Å²) in [6.07, 6.45) is 1.44. The minimum absolute atomic E-state index is 0.0247. The smallest absolute Gasteiger partial charge is 0.163 e. The van der Waals surface area contributed by atoms with Crippen molar-refractivity contribution in [1.82, 2.24) is 9.97 Å². The highest BCUT2D eigenvalue weighted by Crippen LogP contribution is 2.35. The van der Waals surface area contributed by atoms with E-state index in [1.54, 1.807) is 12.1 Å². The Morgan fingerprint density at radius 2 is 1.55 bits per heavy atom. The number of hydrogen-bond donors (Lipinski definition) is 1. The number of rotatable bonds is 2. The minimum Gasteiger partial charge on any atom is -0.487 e. The molecule has 0 saturated heterocycles. The van der Waals surface area contributed by atoms with Gasteiger partial charge in [-0.15, -0.1) is 0 Å². The van der Waals surface area contributed by atoms with E-state index in [-0.39, 0.29) is 5.02 Å². The van der Waals surface area contributed by atoms with E-state index in [0.717, 1.165) is 5.39 Å². The zero-order valence-corrected chi connectivity index (χ0v) is 16.2. The maximum atomic E-state index is 13.4. The number of fused-ring (bicyclic) bond motifs is 2. The van der Waals surface area contributed by atoms with Crippen LogP contribution in [0.5, 0.6) is 11.5 Å². The Hall–Kier alpha value is -2.68. The molecule has 0 fully saturated rings. The van der Waals surface area contributed by atoms with E-state index in [9.17, 15) is 4.39 Å². The topological polar surface area (TPSA) is 74.7 Å². The number of nitrogens with zero attached hydrogens (tertiary/aromatic N) is 2. The zero-order chi connectivity index (χ0) is 20.1. The van der Waals surface area contributed by atoms with Gasteiger partial charge in [-0.2, -0.15) is 0 Å². The van der Waals surface area contributed by atoms with Crippen LogP contribution >= 0.6 is 11.6 Å². The van der Waals surface area contributed by atoms with Crippen LogP contribution in [-0.2, 0) is 9.47 Å². The summed E-state index contributed by atoms with van der Waals surface area (Å²) in [5, 5.41) is 3.89. The first-order valence-corrected chi connectivity index (χ1v) is 9.50. The average molecular weight is 420 g/mol. The molecule has 1 aliphatic heterocycles. The minimum atomic E-state index is -0.485. The van der Waals surface area contributed by atoms with Crippen LogP contribution in [0.15, 0.2) is 36.7 Å². The van der Waals surface area contributed by atoms with Gasteiger partial charge in [0.25, 0.3) is 0 Å². The Bertz CT molecular complexity index is 1000. The number of hydrogen-bond acceptors (Lipinski definition) is 7. The van der Waals surface area contributed by atoms with E-state index in [0.29, 0.717) is 68.2 Å². The van der Waals surface area contributed by atoms with Gasteiger partial charge >= 0.3 is 0 Å². The predicted molar refractivity (Wildman–Crippen MR) is 107 cm³/mol. The van der Waals surface area contributed by atoms with Crippen LogP contribution in [0.1, 0.15) is 0 Å². The highest BCUT2D eigenvalue weighted by molar-refractivity contribution is 6.31. The number of aromatic nitrogens is 2. The average Bonchev–Trinajstić information content (AvgIpc) is 2.71. The summed E-state index contributed by atoms with van der Waals surface area (Å²) in [5.41, 5.74) is 1.27. The van der Waals surface area contributed by atoms with Crippen molar-refractivity contribution in [3.63, 3.8) is 0 Å². The summed E-state index contributed by atoms with van der Waals surface area (Å²) >= 11 is 5.87. The van der Waals surface area contributed by atoms with Crippen LogP contribution in [0.25, 0.3) is 10.9 Å². The van der Waals surface area contributed by atoms with Crippen LogP contribution in [0.4, 0.5) is 15.9 Å². The Morgan fingerprint density at radius 3 is 2.28 bits per heavy atom. The lowest BCUT2D eigenvalue weighted by molar-refractivity contribution is 0.0224. The Kier molecular flexibility index (Phi) is 6.24. The van der Waals surface area contributed by atoms with Gasteiger partial charge in [-0.3, -0.25) is 0 Å². The van der Waals surface area contributed by atoms with Crippen molar-refractivity contribution in [3.8, 4) is 11.5 Å². The van der Waals surface area contributed by atoms with Gasteiger partial charge in [0.2, 0.25) is 0 Å². The van der Waals surface area contributed by atoms with Crippen molar-refractivity contribution in [3.05, 3.63) is 47.5 Å². The van der Waals surface area contributed by atoms with Crippen molar-refractivity contribution in [2.24, 2.45) is 0 Å². The van der Waals surface area contributed by atoms with Gasteiger partial charge < -0.3 is 24.3 Å². The van der Waals surface area contributed by atoms with Crippen molar-refractivity contribution < 1.29 is 23.3 Å². The molecule has 7 nitrogen and oxygen atoms in total. The molecule has 0 aliphatic carbocycles. The van der Waals surface area contributed by atoms with E-state index in [4.69, 9.17) is 30.5 Å². The fraction of sp³-hybridized carbons (Fsp3) is 0.300. The molecule has 9 heteroatoms. The zero-order valence-electron chi connectivity index (χ0n) is 15.5. The largest absolute Gasteiger partial charge is 0.487 e. The first-order valence-electron chi connectivity index (χ1n) is 9.12. The van der Waals surface area contributed by atoms with E-state index in [1.807, 2.05) is 6.07 Å². The second-order valence-corrected chi connectivity index (χ2v) is 6.62. The lowest BCUT2D eigenvalue weighted by Crippen LogP contribution is -2.15. The van der Waals surface area contributed by atoms with Crippen molar-refractivity contribution in [1.29, 1.82) is 0 Å². The number of anilines is 2. The molecule has 2 aromatic carbocycles. The second-order valence-electron chi connectivity index (χ2n) is 6.21. The third kappa shape index (κ3) is 4.84. The predicted octanol–water partition coefficient (Wildman–Crippen LogP) is 3.97. The summed E-state index contributed by atoms with van der Waals surface area (Å²) < 4.78 is 36.0. The molecule has 29 heavy (non-hydrogen) atoms. The first kappa shape index (κ1) is 19.6. The molecule has 1 aromatic heterocycles. The molecule has 2 heterocycles. The molecule has 1 aliphatic rings. The summed E-state index contributed by atoms with van der Waals surface area (Å²) in [6.45, 7) is 2.66. The summed E-state index contributed by atoms with van der Waals surface area (Å²) in [4.78, 5) is 8.63. The normalized spacial score (nSPS) is 15.4. The maximum Gasteiger partial charge on any atom is 0.163 e. The molecule has 0 unspecified atom stereocenters. The number of nitrogens with one attached hydrogen (secondary N) is 1. The highest BCUT2D eigenvalue weighted by atomic mass is 35.5. The second kappa shape index (κ2) is 9.21.